The molecule has 0 saturated carbocycles. The highest BCUT2D eigenvalue weighted by molar-refractivity contribution is 5.80. The molecule has 0 heterocycles. The quantitative estimate of drug-likeness (QED) is 0.670. The van der Waals surface area contributed by atoms with Crippen molar-refractivity contribution in [3.8, 4) is 11.5 Å². The third kappa shape index (κ3) is 2.95. The first kappa shape index (κ1) is 12.8. The van der Waals surface area contributed by atoms with Crippen molar-refractivity contribution in [1.82, 2.24) is 0 Å². The van der Waals surface area contributed by atoms with Crippen molar-refractivity contribution >= 4 is 17.7 Å². The predicted octanol–water partition coefficient (Wildman–Crippen LogP) is 3.63. The molecule has 0 aliphatic rings. The van der Waals surface area contributed by atoms with Crippen LogP contribution in [-0.2, 0) is 0 Å². The molecule has 0 spiro atoms. The van der Waals surface area contributed by atoms with Crippen LogP contribution >= 0.6 is 0 Å². The van der Waals surface area contributed by atoms with Gasteiger partial charge in [0, 0.05) is 0 Å². The number of azo groups is 1. The summed E-state index contributed by atoms with van der Waals surface area (Å²) in [7, 11) is 1.55. The van der Waals surface area contributed by atoms with Crippen LogP contribution in [0.5, 0.6) is 11.5 Å². The summed E-state index contributed by atoms with van der Waals surface area (Å²) in [5, 5.41) is 17.4. The van der Waals surface area contributed by atoms with Crippen molar-refractivity contribution < 1.29 is 14.6 Å². The molecule has 0 bridgehead atoms. The summed E-state index contributed by atoms with van der Waals surface area (Å²) in [6.07, 6.45) is 0.567. The molecular formula is C14H12N2O3. The number of ether oxygens (including phenoxy) is 1. The molecule has 0 saturated heterocycles. The molecule has 1 N–H and O–H groups in total. The smallest absolute Gasteiger partial charge is 0.153 e. The van der Waals surface area contributed by atoms with E-state index in [1.165, 1.54) is 12.1 Å². The molecule has 0 atom stereocenters. The van der Waals surface area contributed by atoms with Crippen LogP contribution in [0.4, 0.5) is 11.4 Å². The van der Waals surface area contributed by atoms with Crippen LogP contribution < -0.4 is 4.74 Å². The van der Waals surface area contributed by atoms with E-state index in [4.69, 9.17) is 4.74 Å². The fourth-order valence-corrected chi connectivity index (χ4v) is 1.52. The maximum Gasteiger partial charge on any atom is 0.153 e. The molecule has 0 amide bonds. The maximum absolute atomic E-state index is 10.7. The Balaban J connectivity index is 2.30. The third-order valence-corrected chi connectivity index (χ3v) is 2.50. The van der Waals surface area contributed by atoms with E-state index in [1.807, 2.05) is 12.1 Å². The van der Waals surface area contributed by atoms with Crippen LogP contribution in [0.25, 0.3) is 0 Å². The molecule has 5 heteroatoms. The van der Waals surface area contributed by atoms with E-state index in [2.05, 4.69) is 10.2 Å². The number of phenols is 1. The number of hydrogen-bond donors (Lipinski definition) is 1. The summed E-state index contributed by atoms with van der Waals surface area (Å²) < 4.78 is 5.15. The maximum atomic E-state index is 10.7. The minimum absolute atomic E-state index is 0.0776. The number of methoxy groups -OCH3 is 1. The number of carbonyl (C=O) groups excluding carboxylic acids is 1. The molecule has 0 unspecified atom stereocenters. The van der Waals surface area contributed by atoms with Crippen LogP contribution in [0.1, 0.15) is 10.4 Å². The molecule has 2 rings (SSSR count). The average molecular weight is 256 g/mol. The Kier molecular flexibility index (Phi) is 3.87. The lowest BCUT2D eigenvalue weighted by atomic mass is 10.2. The second kappa shape index (κ2) is 5.77. The first-order chi connectivity index (χ1) is 9.24. The van der Waals surface area contributed by atoms with Crippen molar-refractivity contribution in [2.24, 2.45) is 10.2 Å². The second-order valence-electron chi connectivity index (χ2n) is 3.73. The summed E-state index contributed by atoms with van der Waals surface area (Å²) in [6, 6.07) is 11.6. The van der Waals surface area contributed by atoms with Gasteiger partial charge in [-0.05, 0) is 30.3 Å². The number of aldehydes is 1. The van der Waals surface area contributed by atoms with Crippen molar-refractivity contribution in [3.63, 3.8) is 0 Å². The van der Waals surface area contributed by atoms with E-state index in [0.29, 0.717) is 23.4 Å². The Morgan fingerprint density at radius 2 is 1.95 bits per heavy atom. The lowest BCUT2D eigenvalue weighted by Crippen LogP contribution is -1.82. The molecule has 0 aliphatic carbocycles. The minimum atomic E-state index is -0.0776. The van der Waals surface area contributed by atoms with Crippen LogP contribution in [0.3, 0.4) is 0 Å². The van der Waals surface area contributed by atoms with Gasteiger partial charge < -0.3 is 9.84 Å². The fourth-order valence-electron chi connectivity index (χ4n) is 1.52. The van der Waals surface area contributed by atoms with Crippen molar-refractivity contribution in [3.05, 3.63) is 48.0 Å². The van der Waals surface area contributed by atoms with Gasteiger partial charge in [-0.3, -0.25) is 4.79 Å². The fraction of sp³-hybridized carbons (Fsp3) is 0.0714. The van der Waals surface area contributed by atoms with E-state index in [1.54, 1.807) is 25.3 Å². The van der Waals surface area contributed by atoms with Crippen LogP contribution in [0.2, 0.25) is 0 Å². The van der Waals surface area contributed by atoms with Gasteiger partial charge in [-0.25, -0.2) is 0 Å². The summed E-state index contributed by atoms with van der Waals surface area (Å²) >= 11 is 0. The molecule has 2 aromatic carbocycles. The standard InChI is InChI=1S/C14H12N2O3/c1-19-14-5-3-2-4-12(14)16-15-11-6-7-13(18)10(8-11)9-17/h2-9,18H,1H3. The van der Waals surface area contributed by atoms with E-state index in [-0.39, 0.29) is 11.3 Å². The molecule has 0 aromatic heterocycles. The average Bonchev–Trinajstić information content (AvgIpc) is 2.46. The highest BCUT2D eigenvalue weighted by atomic mass is 16.5. The van der Waals surface area contributed by atoms with Gasteiger partial charge in [0.25, 0.3) is 0 Å². The zero-order valence-corrected chi connectivity index (χ0v) is 10.3. The Morgan fingerprint density at radius 3 is 2.68 bits per heavy atom. The molecule has 2 aromatic rings. The van der Waals surface area contributed by atoms with Crippen molar-refractivity contribution in [1.29, 1.82) is 0 Å². The Labute approximate surface area is 110 Å². The van der Waals surface area contributed by atoms with E-state index in [0.717, 1.165) is 0 Å². The van der Waals surface area contributed by atoms with Crippen LogP contribution in [0.15, 0.2) is 52.7 Å². The molecule has 19 heavy (non-hydrogen) atoms. The van der Waals surface area contributed by atoms with Gasteiger partial charge in [0.2, 0.25) is 0 Å². The summed E-state index contributed by atoms with van der Waals surface area (Å²) in [5.74, 6) is 0.534. The molecule has 96 valence electrons. The Bertz CT molecular complexity index is 624. The van der Waals surface area contributed by atoms with Gasteiger partial charge in [0.1, 0.15) is 17.2 Å². The highest BCUT2D eigenvalue weighted by Crippen LogP contribution is 2.29. The summed E-state index contributed by atoms with van der Waals surface area (Å²) in [4.78, 5) is 10.7. The zero-order chi connectivity index (χ0) is 13.7. The molecule has 0 radical (unpaired) electrons. The minimum Gasteiger partial charge on any atom is -0.507 e. The monoisotopic (exact) mass is 256 g/mol. The Hall–Kier alpha value is -2.69. The summed E-state index contributed by atoms with van der Waals surface area (Å²) in [5.41, 5.74) is 1.24. The van der Waals surface area contributed by atoms with Gasteiger partial charge in [0.15, 0.2) is 6.29 Å². The third-order valence-electron chi connectivity index (χ3n) is 2.50. The van der Waals surface area contributed by atoms with Gasteiger partial charge in [-0.1, -0.05) is 12.1 Å². The Morgan fingerprint density at radius 1 is 1.16 bits per heavy atom. The molecule has 0 aliphatic heterocycles. The van der Waals surface area contributed by atoms with Gasteiger partial charge >= 0.3 is 0 Å². The highest BCUT2D eigenvalue weighted by Gasteiger charge is 2.02. The first-order valence-corrected chi connectivity index (χ1v) is 5.57. The summed E-state index contributed by atoms with van der Waals surface area (Å²) in [6.45, 7) is 0. The number of aromatic hydroxyl groups is 1. The van der Waals surface area contributed by atoms with Gasteiger partial charge in [0.05, 0.1) is 18.4 Å². The lowest BCUT2D eigenvalue weighted by Gasteiger charge is -2.02. The molecular weight excluding hydrogens is 244 g/mol. The van der Waals surface area contributed by atoms with Gasteiger partial charge in [-0.15, -0.1) is 5.11 Å². The number of hydrogen-bond acceptors (Lipinski definition) is 5. The predicted molar refractivity (Wildman–Crippen MR) is 70.7 cm³/mol. The van der Waals surface area contributed by atoms with E-state index in [9.17, 15) is 9.90 Å². The number of phenolic OH excluding ortho intramolecular Hbond substituents is 1. The number of nitrogens with zero attached hydrogens (tertiary/aromatic N) is 2. The number of carbonyl (C=O) groups is 1. The number of para-hydroxylation sites is 1. The lowest BCUT2D eigenvalue weighted by molar-refractivity contribution is 0.112. The van der Waals surface area contributed by atoms with Crippen LogP contribution in [0, 0.1) is 0 Å². The largest absolute Gasteiger partial charge is 0.507 e. The number of benzene rings is 2. The van der Waals surface area contributed by atoms with Crippen molar-refractivity contribution in [2.75, 3.05) is 7.11 Å². The number of rotatable bonds is 4. The normalized spacial score (nSPS) is 10.6. The molecule has 0 fully saturated rings. The van der Waals surface area contributed by atoms with Crippen molar-refractivity contribution in [2.45, 2.75) is 0 Å². The zero-order valence-electron chi connectivity index (χ0n) is 10.3. The van der Waals surface area contributed by atoms with E-state index < -0.39 is 0 Å². The van der Waals surface area contributed by atoms with Gasteiger partial charge in [-0.2, -0.15) is 5.11 Å². The van der Waals surface area contributed by atoms with Crippen LogP contribution in [-0.4, -0.2) is 18.5 Å². The SMILES string of the molecule is COc1ccccc1N=Nc1ccc(O)c(C=O)c1. The molecule has 5 nitrogen and oxygen atoms in total. The van der Waals surface area contributed by atoms with E-state index >= 15 is 0 Å². The second-order valence-corrected chi connectivity index (χ2v) is 3.73. The first-order valence-electron chi connectivity index (χ1n) is 5.57. The topological polar surface area (TPSA) is 71.2 Å².